The van der Waals surface area contributed by atoms with Gasteiger partial charge in [0.1, 0.15) is 5.75 Å². The molecule has 2 N–H and O–H groups in total. The first-order valence-corrected chi connectivity index (χ1v) is 11.1. The average Bonchev–Trinajstić information content (AvgIpc) is 2.86. The van der Waals surface area contributed by atoms with Crippen LogP contribution in [0.5, 0.6) is 5.75 Å². The van der Waals surface area contributed by atoms with Crippen LogP contribution in [0.15, 0.2) is 72.8 Å². The molecule has 3 aromatic carbocycles. The van der Waals surface area contributed by atoms with E-state index in [1.165, 1.54) is 49.6 Å². The number of carbonyl (C=O) groups excluding carboxylic acids is 3. The minimum Gasteiger partial charge on any atom is -0.495 e. The molecule has 11 heteroatoms. The van der Waals surface area contributed by atoms with E-state index in [1.807, 2.05) is 0 Å². The Labute approximate surface area is 215 Å². The summed E-state index contributed by atoms with van der Waals surface area (Å²) >= 11 is 12.0. The summed E-state index contributed by atoms with van der Waals surface area (Å²) < 4.78 is 15.5. The number of rotatable bonds is 9. The molecular weight excluding hydrogens is 513 g/mol. The zero-order valence-corrected chi connectivity index (χ0v) is 20.2. The van der Waals surface area contributed by atoms with E-state index in [1.54, 1.807) is 30.3 Å². The van der Waals surface area contributed by atoms with Crippen molar-refractivity contribution in [3.63, 3.8) is 0 Å². The van der Waals surface area contributed by atoms with Gasteiger partial charge in [-0.1, -0.05) is 59.6 Å². The molecule has 0 aliphatic carbocycles. The van der Waals surface area contributed by atoms with E-state index in [0.717, 1.165) is 0 Å². The van der Waals surface area contributed by atoms with Gasteiger partial charge in [-0.05, 0) is 36.4 Å². The van der Waals surface area contributed by atoms with E-state index in [9.17, 15) is 24.3 Å². The number of carbonyl (C=O) groups is 4. The van der Waals surface area contributed by atoms with E-state index < -0.39 is 36.0 Å². The number of anilines is 1. The van der Waals surface area contributed by atoms with E-state index in [0.29, 0.717) is 0 Å². The minimum atomic E-state index is -2.24. The molecule has 2 atom stereocenters. The quantitative estimate of drug-likeness (QED) is 0.387. The molecule has 0 unspecified atom stereocenters. The summed E-state index contributed by atoms with van der Waals surface area (Å²) in [6, 6.07) is 17.8. The second-order valence-electron chi connectivity index (χ2n) is 7.14. The first-order chi connectivity index (χ1) is 17.2. The molecule has 0 bridgehead atoms. The molecule has 0 heterocycles. The highest BCUT2D eigenvalue weighted by Crippen LogP contribution is 2.25. The lowest BCUT2D eigenvalue weighted by molar-refractivity contribution is -0.157. The van der Waals surface area contributed by atoms with Crippen molar-refractivity contribution in [2.24, 2.45) is 0 Å². The fourth-order valence-corrected chi connectivity index (χ4v) is 3.48. The van der Waals surface area contributed by atoms with Gasteiger partial charge in [-0.25, -0.2) is 14.4 Å². The van der Waals surface area contributed by atoms with Crippen LogP contribution < -0.4 is 10.1 Å². The third-order valence-corrected chi connectivity index (χ3v) is 5.46. The van der Waals surface area contributed by atoms with Gasteiger partial charge in [-0.2, -0.15) is 0 Å². The van der Waals surface area contributed by atoms with E-state index in [2.05, 4.69) is 5.32 Å². The predicted octanol–water partition coefficient (Wildman–Crippen LogP) is 4.48. The molecule has 0 spiro atoms. The van der Waals surface area contributed by atoms with Gasteiger partial charge in [0.05, 0.1) is 34.0 Å². The van der Waals surface area contributed by atoms with Crippen molar-refractivity contribution in [2.75, 3.05) is 12.4 Å². The molecule has 0 aliphatic heterocycles. The Bertz CT molecular complexity index is 1300. The number of esters is 2. The smallest absolute Gasteiger partial charge is 0.349 e. The maximum absolute atomic E-state index is 13.2. The van der Waals surface area contributed by atoms with Crippen molar-refractivity contribution in [1.82, 2.24) is 0 Å². The van der Waals surface area contributed by atoms with Gasteiger partial charge in [0, 0.05) is 0 Å². The molecule has 0 saturated carbocycles. The van der Waals surface area contributed by atoms with Crippen LogP contribution in [0.4, 0.5) is 5.69 Å². The fourth-order valence-electron chi connectivity index (χ4n) is 3.06. The van der Waals surface area contributed by atoms with Gasteiger partial charge in [0.15, 0.2) is 0 Å². The van der Waals surface area contributed by atoms with Crippen LogP contribution >= 0.6 is 23.2 Å². The Kier molecular flexibility index (Phi) is 8.88. The van der Waals surface area contributed by atoms with Gasteiger partial charge in [-0.15, -0.1) is 0 Å². The Morgan fingerprint density at radius 3 is 1.72 bits per heavy atom. The van der Waals surface area contributed by atoms with Crippen molar-refractivity contribution in [3.05, 3.63) is 94.0 Å². The Morgan fingerprint density at radius 1 is 0.750 bits per heavy atom. The third-order valence-electron chi connectivity index (χ3n) is 4.80. The number of halogens is 2. The second-order valence-corrected chi connectivity index (χ2v) is 7.95. The normalized spacial score (nSPS) is 12.1. The van der Waals surface area contributed by atoms with Crippen molar-refractivity contribution in [2.45, 2.75) is 12.2 Å². The standard InChI is InChI=1S/C25H19Cl2NO8/c1-34-19-13-7-6-12-18(19)28-22(29)20(35-24(32)14-8-2-4-10-16(14)26)21(23(30)31)36-25(33)15-9-3-5-11-17(15)27/h2-13,20-21H,1H3,(H,28,29)(H,30,31)/t20-,21+/m1/s1. The van der Waals surface area contributed by atoms with Crippen LogP contribution in [0, 0.1) is 0 Å². The first kappa shape index (κ1) is 26.5. The lowest BCUT2D eigenvalue weighted by atomic mass is 10.1. The molecule has 0 saturated heterocycles. The Hall–Kier alpha value is -4.08. The number of hydrogen-bond acceptors (Lipinski definition) is 7. The van der Waals surface area contributed by atoms with Crippen LogP contribution in [-0.2, 0) is 19.1 Å². The maximum Gasteiger partial charge on any atom is 0.349 e. The second kappa shape index (κ2) is 12.1. The van der Waals surface area contributed by atoms with Crippen molar-refractivity contribution in [1.29, 1.82) is 0 Å². The first-order valence-electron chi connectivity index (χ1n) is 10.3. The van der Waals surface area contributed by atoms with E-state index >= 15 is 0 Å². The molecule has 1 amide bonds. The maximum atomic E-state index is 13.2. The number of methoxy groups -OCH3 is 1. The SMILES string of the molecule is COc1ccccc1NC(=O)[C@H](OC(=O)c1ccccc1Cl)[C@H](OC(=O)c1ccccc1Cl)C(=O)O. The van der Waals surface area contributed by atoms with Crippen molar-refractivity contribution in [3.8, 4) is 5.75 Å². The molecule has 0 aliphatic rings. The molecule has 0 aromatic heterocycles. The molecule has 0 fully saturated rings. The van der Waals surface area contributed by atoms with Gasteiger partial charge < -0.3 is 24.6 Å². The highest BCUT2D eigenvalue weighted by molar-refractivity contribution is 6.34. The van der Waals surface area contributed by atoms with Gasteiger partial charge in [0.25, 0.3) is 5.91 Å². The molecule has 3 aromatic rings. The summed E-state index contributed by atoms with van der Waals surface area (Å²) in [5, 5.41) is 12.3. The van der Waals surface area contributed by atoms with Crippen LogP contribution in [0.3, 0.4) is 0 Å². The Balaban J connectivity index is 1.97. The summed E-state index contributed by atoms with van der Waals surface area (Å²) in [7, 11) is 1.37. The molecular formula is C25H19Cl2NO8. The number of benzene rings is 3. The van der Waals surface area contributed by atoms with Gasteiger partial charge in [-0.3, -0.25) is 4.79 Å². The number of nitrogens with one attached hydrogen (secondary N) is 1. The van der Waals surface area contributed by atoms with E-state index in [-0.39, 0.29) is 32.6 Å². The fraction of sp³-hybridized carbons (Fsp3) is 0.120. The monoisotopic (exact) mass is 531 g/mol. The third kappa shape index (κ3) is 6.32. The zero-order chi connectivity index (χ0) is 26.2. The van der Waals surface area contributed by atoms with Crippen molar-refractivity contribution < 1.29 is 38.5 Å². The largest absolute Gasteiger partial charge is 0.495 e. The van der Waals surface area contributed by atoms with Crippen LogP contribution in [-0.4, -0.2) is 48.2 Å². The highest BCUT2D eigenvalue weighted by atomic mass is 35.5. The summed E-state index contributed by atoms with van der Waals surface area (Å²) in [5.74, 6) is -4.85. The van der Waals surface area contributed by atoms with Gasteiger partial charge >= 0.3 is 17.9 Å². The topological polar surface area (TPSA) is 128 Å². The number of carboxylic acid groups (broad SMARTS) is 1. The number of aliphatic carboxylic acids is 1. The average molecular weight is 532 g/mol. The summed E-state index contributed by atoms with van der Waals surface area (Å²) in [6.07, 6.45) is -4.36. The molecule has 3 rings (SSSR count). The number of hydrogen-bond donors (Lipinski definition) is 2. The summed E-state index contributed by atoms with van der Waals surface area (Å²) in [4.78, 5) is 50.9. The number of amides is 1. The zero-order valence-electron chi connectivity index (χ0n) is 18.6. The van der Waals surface area contributed by atoms with Crippen LogP contribution in [0.2, 0.25) is 10.0 Å². The molecule has 186 valence electrons. The number of carboxylic acids is 1. The Morgan fingerprint density at radius 2 is 1.22 bits per heavy atom. The molecule has 0 radical (unpaired) electrons. The molecule has 36 heavy (non-hydrogen) atoms. The van der Waals surface area contributed by atoms with Gasteiger partial charge in [0.2, 0.25) is 12.2 Å². The van der Waals surface area contributed by atoms with Crippen molar-refractivity contribution >= 4 is 52.7 Å². The summed E-state index contributed by atoms with van der Waals surface area (Å²) in [5.41, 5.74) is -0.118. The molecule has 9 nitrogen and oxygen atoms in total. The summed E-state index contributed by atoms with van der Waals surface area (Å²) in [6.45, 7) is 0. The number of para-hydroxylation sites is 2. The van der Waals surface area contributed by atoms with Crippen LogP contribution in [0.25, 0.3) is 0 Å². The highest BCUT2D eigenvalue weighted by Gasteiger charge is 2.41. The lowest BCUT2D eigenvalue weighted by Gasteiger charge is -2.24. The lowest BCUT2D eigenvalue weighted by Crippen LogP contribution is -2.48. The number of ether oxygens (including phenoxy) is 3. The predicted molar refractivity (Wildman–Crippen MR) is 131 cm³/mol. The van der Waals surface area contributed by atoms with Crippen LogP contribution in [0.1, 0.15) is 20.7 Å². The van der Waals surface area contributed by atoms with E-state index in [4.69, 9.17) is 37.4 Å². The minimum absolute atomic E-state index is 0.00488.